The van der Waals surface area contributed by atoms with Crippen molar-refractivity contribution in [3.8, 4) is 11.5 Å². The van der Waals surface area contributed by atoms with Crippen LogP contribution >= 0.6 is 0 Å². The maximum Gasteiger partial charge on any atom is 0.118 e. The molecule has 266 valence electrons. The second-order valence-corrected chi connectivity index (χ2v) is 14.1. The zero-order chi connectivity index (χ0) is 37.2. The second-order valence-electron chi connectivity index (χ2n) is 14.1. The average Bonchev–Trinajstić information content (AvgIpc) is 3.64. The number of hydrogen-bond acceptors (Lipinski definition) is 2. The lowest BCUT2D eigenvalue weighted by atomic mass is 9.64. The largest absolute Gasteiger partial charge is 0.497 e. The molecular weight excluding hydrogens is 671 g/mol. The second kappa shape index (κ2) is 14.2. The van der Waals surface area contributed by atoms with Crippen LogP contribution in [-0.2, 0) is 10.8 Å². The Hall–Kier alpha value is -6.84. The Balaban J connectivity index is 1.34. The van der Waals surface area contributed by atoms with Gasteiger partial charge in [0.25, 0.3) is 0 Å². The van der Waals surface area contributed by atoms with E-state index in [1.165, 1.54) is 44.2 Å². The van der Waals surface area contributed by atoms with E-state index in [-0.39, 0.29) is 0 Å². The Morgan fingerprint density at radius 2 is 0.582 bits per heavy atom. The van der Waals surface area contributed by atoms with Gasteiger partial charge in [-0.2, -0.15) is 0 Å². The van der Waals surface area contributed by atoms with E-state index in [0.717, 1.165) is 33.7 Å². The zero-order valence-electron chi connectivity index (χ0n) is 30.9. The molecule has 0 atom stereocenters. The molecule has 1 heterocycles. The summed E-state index contributed by atoms with van der Waals surface area (Å²) < 4.78 is 11.3. The molecule has 0 radical (unpaired) electrons. The van der Waals surface area contributed by atoms with Crippen LogP contribution in [0.25, 0.3) is 21.8 Å². The first-order valence-corrected chi connectivity index (χ1v) is 18.7. The van der Waals surface area contributed by atoms with Gasteiger partial charge in [-0.05, 0) is 93.0 Å². The molecule has 0 fully saturated rings. The first-order chi connectivity index (χ1) is 27.2. The summed E-state index contributed by atoms with van der Waals surface area (Å²) in [6.45, 7) is 0. The summed E-state index contributed by atoms with van der Waals surface area (Å²) >= 11 is 0. The minimum Gasteiger partial charge on any atom is -0.497 e. The number of aromatic amines is 1. The highest BCUT2D eigenvalue weighted by molar-refractivity contribution is 6.08. The van der Waals surface area contributed by atoms with Gasteiger partial charge in [-0.1, -0.05) is 158 Å². The van der Waals surface area contributed by atoms with E-state index < -0.39 is 10.8 Å². The smallest absolute Gasteiger partial charge is 0.118 e. The number of ether oxygens (including phenoxy) is 2. The van der Waals surface area contributed by atoms with Crippen molar-refractivity contribution in [3.05, 3.63) is 251 Å². The van der Waals surface area contributed by atoms with Crippen molar-refractivity contribution in [1.29, 1.82) is 0 Å². The van der Waals surface area contributed by atoms with Crippen LogP contribution in [0.4, 0.5) is 0 Å². The third-order valence-corrected chi connectivity index (χ3v) is 11.3. The summed E-state index contributed by atoms with van der Waals surface area (Å²) in [4.78, 5) is 3.77. The van der Waals surface area contributed by atoms with Crippen molar-refractivity contribution in [3.63, 3.8) is 0 Å². The lowest BCUT2D eigenvalue weighted by Crippen LogP contribution is -2.31. The van der Waals surface area contributed by atoms with Crippen molar-refractivity contribution in [2.75, 3.05) is 14.2 Å². The number of aromatic nitrogens is 1. The molecule has 3 nitrogen and oxygen atoms in total. The standard InChI is InChI=1S/C52H41NO2/c1-54-45-29-23-41(24-30-45)51(37-15-7-3-8-16-37,38-17-9-4-10-18-38)43-27-33-49-47(35-43)48-36-44(28-34-50(48)53-49)52(39-19-11-5-12-20-39,40-21-13-6-14-22-40)42-25-31-46(55-2)32-26-42/h3-36,53H,1-2H3. The van der Waals surface area contributed by atoms with Gasteiger partial charge in [0.15, 0.2) is 0 Å². The van der Waals surface area contributed by atoms with Gasteiger partial charge in [0.1, 0.15) is 11.5 Å². The Labute approximate surface area is 322 Å². The van der Waals surface area contributed by atoms with Gasteiger partial charge in [-0.25, -0.2) is 0 Å². The average molecular weight is 712 g/mol. The third kappa shape index (κ3) is 5.59. The number of benzene rings is 8. The van der Waals surface area contributed by atoms with Crippen LogP contribution in [0.15, 0.2) is 206 Å². The molecule has 1 aromatic heterocycles. The summed E-state index contributed by atoms with van der Waals surface area (Å²) in [7, 11) is 3.43. The van der Waals surface area contributed by atoms with Crippen LogP contribution < -0.4 is 9.47 Å². The lowest BCUT2D eigenvalue weighted by molar-refractivity contribution is 0.414. The van der Waals surface area contributed by atoms with E-state index in [1.807, 2.05) is 0 Å². The number of methoxy groups -OCH3 is 2. The Morgan fingerprint density at radius 1 is 0.309 bits per heavy atom. The number of hydrogen-bond donors (Lipinski definition) is 1. The van der Waals surface area contributed by atoms with Gasteiger partial charge in [0.2, 0.25) is 0 Å². The predicted octanol–water partition coefficient (Wildman–Crippen LogP) is 12.1. The van der Waals surface area contributed by atoms with Crippen molar-refractivity contribution >= 4 is 21.8 Å². The molecule has 9 rings (SSSR count). The monoisotopic (exact) mass is 711 g/mol. The Kier molecular flexibility index (Phi) is 8.76. The third-order valence-electron chi connectivity index (χ3n) is 11.3. The van der Waals surface area contributed by atoms with Crippen LogP contribution in [0.2, 0.25) is 0 Å². The highest BCUT2D eigenvalue weighted by Gasteiger charge is 2.40. The highest BCUT2D eigenvalue weighted by atomic mass is 16.5. The maximum absolute atomic E-state index is 5.63. The topological polar surface area (TPSA) is 34.2 Å². The van der Waals surface area contributed by atoms with Gasteiger partial charge in [-0.15, -0.1) is 0 Å². The molecule has 0 saturated carbocycles. The van der Waals surface area contributed by atoms with Gasteiger partial charge < -0.3 is 14.5 Å². The molecular formula is C52H41NO2. The molecule has 0 amide bonds. The normalized spacial score (nSPS) is 11.8. The SMILES string of the molecule is COc1ccc(C(c2ccccc2)(c2ccccc2)c2ccc3[nH]c4ccc(C(c5ccccc5)(c5ccccc5)c5ccc(OC)cc5)cc4c3c2)cc1. The van der Waals surface area contributed by atoms with E-state index >= 15 is 0 Å². The molecule has 0 aliphatic rings. The fourth-order valence-electron chi connectivity index (χ4n) is 8.80. The molecule has 0 aliphatic carbocycles. The molecule has 0 bridgehead atoms. The molecule has 55 heavy (non-hydrogen) atoms. The minimum atomic E-state index is -0.606. The summed E-state index contributed by atoms with van der Waals surface area (Å²) in [5, 5.41) is 2.34. The van der Waals surface area contributed by atoms with Crippen LogP contribution in [0, 0.1) is 0 Å². The van der Waals surface area contributed by atoms with E-state index in [1.54, 1.807) is 14.2 Å². The predicted molar refractivity (Wildman–Crippen MR) is 226 cm³/mol. The van der Waals surface area contributed by atoms with Gasteiger partial charge in [0, 0.05) is 21.8 Å². The summed E-state index contributed by atoms with van der Waals surface area (Å²) in [5.41, 5.74) is 10.4. The van der Waals surface area contributed by atoms with E-state index in [0.29, 0.717) is 0 Å². The van der Waals surface area contributed by atoms with Crippen LogP contribution in [-0.4, -0.2) is 19.2 Å². The molecule has 1 N–H and O–H groups in total. The Bertz CT molecular complexity index is 2420. The number of H-pyrrole nitrogens is 1. The quantitative estimate of drug-likeness (QED) is 0.143. The molecule has 8 aromatic carbocycles. The fraction of sp³-hybridized carbons (Fsp3) is 0.0769. The fourth-order valence-corrected chi connectivity index (χ4v) is 8.80. The Morgan fingerprint density at radius 3 is 0.873 bits per heavy atom. The number of fused-ring (bicyclic) bond motifs is 3. The molecule has 0 saturated heterocycles. The molecule has 0 aliphatic heterocycles. The maximum atomic E-state index is 5.63. The van der Waals surface area contributed by atoms with Crippen LogP contribution in [0.5, 0.6) is 11.5 Å². The number of nitrogens with one attached hydrogen (secondary N) is 1. The van der Waals surface area contributed by atoms with Crippen molar-refractivity contribution < 1.29 is 9.47 Å². The molecule has 0 unspecified atom stereocenters. The highest BCUT2D eigenvalue weighted by Crippen LogP contribution is 2.49. The van der Waals surface area contributed by atoms with Gasteiger partial charge in [0.05, 0.1) is 25.0 Å². The molecule has 9 aromatic rings. The minimum absolute atomic E-state index is 0.606. The van der Waals surface area contributed by atoms with Gasteiger partial charge in [-0.3, -0.25) is 0 Å². The van der Waals surface area contributed by atoms with E-state index in [2.05, 4.69) is 211 Å². The summed E-state index contributed by atoms with van der Waals surface area (Å²) in [6, 6.07) is 74.4. The molecule has 0 spiro atoms. The van der Waals surface area contributed by atoms with Gasteiger partial charge >= 0.3 is 0 Å². The van der Waals surface area contributed by atoms with E-state index in [9.17, 15) is 0 Å². The van der Waals surface area contributed by atoms with Crippen molar-refractivity contribution in [2.45, 2.75) is 10.8 Å². The van der Waals surface area contributed by atoms with Crippen molar-refractivity contribution in [2.24, 2.45) is 0 Å². The lowest BCUT2D eigenvalue weighted by Gasteiger charge is -2.37. The first-order valence-electron chi connectivity index (χ1n) is 18.7. The van der Waals surface area contributed by atoms with Crippen LogP contribution in [0.1, 0.15) is 44.5 Å². The summed E-state index contributed by atoms with van der Waals surface area (Å²) in [5.74, 6) is 1.66. The number of rotatable bonds is 10. The van der Waals surface area contributed by atoms with Crippen molar-refractivity contribution in [1.82, 2.24) is 4.98 Å². The summed E-state index contributed by atoms with van der Waals surface area (Å²) in [6.07, 6.45) is 0. The van der Waals surface area contributed by atoms with Crippen LogP contribution in [0.3, 0.4) is 0 Å². The molecule has 3 heteroatoms. The zero-order valence-corrected chi connectivity index (χ0v) is 30.9. The van der Waals surface area contributed by atoms with E-state index in [4.69, 9.17) is 9.47 Å². The first kappa shape index (κ1) is 34.0.